The maximum atomic E-state index is 4.37. The zero-order valence-electron chi connectivity index (χ0n) is 12.5. The van der Waals surface area contributed by atoms with E-state index in [1.165, 1.54) is 11.3 Å². The number of tetrazole rings is 1. The van der Waals surface area contributed by atoms with Crippen LogP contribution in [0.3, 0.4) is 0 Å². The Hall–Kier alpha value is -2.76. The molecule has 0 aliphatic heterocycles. The summed E-state index contributed by atoms with van der Waals surface area (Å²) >= 11 is 0. The number of hydrogen-bond donors (Lipinski definition) is 1. The van der Waals surface area contributed by atoms with Gasteiger partial charge in [0.1, 0.15) is 0 Å². The zero-order chi connectivity index (χ0) is 15.2. The summed E-state index contributed by atoms with van der Waals surface area (Å²) in [5, 5.41) is 14.1. The number of hydrogen-bond acceptors (Lipinski definition) is 5. The Balaban J connectivity index is 1.78. The molecule has 0 saturated heterocycles. The first kappa shape index (κ1) is 14.2. The predicted octanol–water partition coefficient (Wildman–Crippen LogP) is 2.15. The van der Waals surface area contributed by atoms with Crippen LogP contribution in [0.15, 0.2) is 48.7 Å². The fourth-order valence-corrected chi connectivity index (χ4v) is 2.35. The van der Waals surface area contributed by atoms with E-state index in [0.29, 0.717) is 0 Å². The van der Waals surface area contributed by atoms with E-state index in [4.69, 9.17) is 0 Å². The van der Waals surface area contributed by atoms with Crippen LogP contribution in [0, 0.1) is 6.92 Å². The van der Waals surface area contributed by atoms with Gasteiger partial charge in [-0.05, 0) is 30.7 Å². The number of rotatable bonds is 6. The van der Waals surface area contributed by atoms with Gasteiger partial charge in [-0.25, -0.2) is 0 Å². The van der Waals surface area contributed by atoms with Gasteiger partial charge in [0, 0.05) is 37.1 Å². The quantitative estimate of drug-likeness (QED) is 0.754. The lowest BCUT2D eigenvalue weighted by molar-refractivity contribution is 0.750. The SMILES string of the molecule is Cc1ncccc1CN(CCc1nn[nH]n1)c1ccccc1. The van der Waals surface area contributed by atoms with Crippen molar-refractivity contribution >= 4 is 5.69 Å². The fourth-order valence-electron chi connectivity index (χ4n) is 2.35. The van der Waals surface area contributed by atoms with Crippen molar-refractivity contribution in [2.24, 2.45) is 0 Å². The number of para-hydroxylation sites is 1. The molecule has 3 aromatic rings. The summed E-state index contributed by atoms with van der Waals surface area (Å²) in [5.74, 6) is 0.726. The molecule has 6 nitrogen and oxygen atoms in total. The average Bonchev–Trinajstić information content (AvgIpc) is 3.07. The van der Waals surface area contributed by atoms with Crippen LogP contribution >= 0.6 is 0 Å². The van der Waals surface area contributed by atoms with E-state index in [0.717, 1.165) is 31.0 Å². The summed E-state index contributed by atoms with van der Waals surface area (Å²) in [7, 11) is 0. The molecule has 0 unspecified atom stereocenters. The van der Waals surface area contributed by atoms with Crippen LogP contribution < -0.4 is 4.90 Å². The van der Waals surface area contributed by atoms with Gasteiger partial charge in [0.25, 0.3) is 0 Å². The van der Waals surface area contributed by atoms with Gasteiger partial charge in [-0.1, -0.05) is 29.5 Å². The van der Waals surface area contributed by atoms with Crippen molar-refractivity contribution in [1.29, 1.82) is 0 Å². The number of aromatic nitrogens is 5. The number of benzene rings is 1. The maximum Gasteiger partial charge on any atom is 0.176 e. The van der Waals surface area contributed by atoms with Crippen molar-refractivity contribution in [3.05, 3.63) is 65.7 Å². The van der Waals surface area contributed by atoms with Gasteiger partial charge in [-0.3, -0.25) is 4.98 Å². The minimum absolute atomic E-state index is 0.726. The number of H-pyrrole nitrogens is 1. The summed E-state index contributed by atoms with van der Waals surface area (Å²) in [6, 6.07) is 14.4. The number of aromatic amines is 1. The Kier molecular flexibility index (Phi) is 4.38. The number of anilines is 1. The summed E-state index contributed by atoms with van der Waals surface area (Å²) < 4.78 is 0. The van der Waals surface area contributed by atoms with Gasteiger partial charge in [0.05, 0.1) is 0 Å². The average molecular weight is 294 g/mol. The fraction of sp³-hybridized carbons (Fsp3) is 0.250. The van der Waals surface area contributed by atoms with Crippen LogP contribution in [0.25, 0.3) is 0 Å². The number of nitrogens with one attached hydrogen (secondary N) is 1. The van der Waals surface area contributed by atoms with Crippen LogP contribution in [0.1, 0.15) is 17.1 Å². The smallest absolute Gasteiger partial charge is 0.176 e. The van der Waals surface area contributed by atoms with Crippen LogP contribution in [0.2, 0.25) is 0 Å². The molecule has 0 fully saturated rings. The summed E-state index contributed by atoms with van der Waals surface area (Å²) in [5.41, 5.74) is 3.46. The van der Waals surface area contributed by atoms with E-state index in [1.54, 1.807) is 0 Å². The molecular weight excluding hydrogens is 276 g/mol. The largest absolute Gasteiger partial charge is 0.367 e. The third kappa shape index (κ3) is 3.46. The first-order chi connectivity index (χ1) is 10.8. The molecule has 0 bridgehead atoms. The van der Waals surface area contributed by atoms with E-state index in [9.17, 15) is 0 Å². The first-order valence-electron chi connectivity index (χ1n) is 7.26. The van der Waals surface area contributed by atoms with Crippen molar-refractivity contribution < 1.29 is 0 Å². The number of pyridine rings is 1. The second kappa shape index (κ2) is 6.80. The Bertz CT molecular complexity index is 696. The molecule has 1 N–H and O–H groups in total. The molecule has 0 atom stereocenters. The monoisotopic (exact) mass is 294 g/mol. The topological polar surface area (TPSA) is 70.6 Å². The predicted molar refractivity (Wildman–Crippen MR) is 84.3 cm³/mol. The molecule has 3 rings (SSSR count). The lowest BCUT2D eigenvalue weighted by Gasteiger charge is -2.25. The molecule has 0 aliphatic carbocycles. The molecule has 6 heteroatoms. The van der Waals surface area contributed by atoms with E-state index >= 15 is 0 Å². The van der Waals surface area contributed by atoms with Gasteiger partial charge >= 0.3 is 0 Å². The summed E-state index contributed by atoms with van der Waals surface area (Å²) in [6.45, 7) is 3.66. The lowest BCUT2D eigenvalue weighted by Crippen LogP contribution is -2.26. The number of aryl methyl sites for hydroxylation is 1. The standard InChI is InChI=1S/C16H18N6/c1-13-14(6-5-10-17-13)12-22(15-7-3-2-4-8-15)11-9-16-18-20-21-19-16/h2-8,10H,9,11-12H2,1H3,(H,18,19,20,21). The molecule has 2 heterocycles. The second-order valence-corrected chi connectivity index (χ2v) is 5.08. The van der Waals surface area contributed by atoms with Crippen molar-refractivity contribution in [2.75, 3.05) is 11.4 Å². The van der Waals surface area contributed by atoms with Crippen molar-refractivity contribution in [1.82, 2.24) is 25.6 Å². The Morgan fingerprint density at radius 3 is 2.68 bits per heavy atom. The van der Waals surface area contributed by atoms with Gasteiger partial charge in [-0.2, -0.15) is 5.21 Å². The zero-order valence-corrected chi connectivity index (χ0v) is 12.5. The molecule has 1 aromatic carbocycles. The highest BCUT2D eigenvalue weighted by Crippen LogP contribution is 2.18. The van der Waals surface area contributed by atoms with Gasteiger partial charge < -0.3 is 4.90 Å². The van der Waals surface area contributed by atoms with Gasteiger partial charge in [0.15, 0.2) is 5.82 Å². The summed E-state index contributed by atoms with van der Waals surface area (Å²) in [6.07, 6.45) is 2.57. The molecule has 0 aliphatic rings. The minimum Gasteiger partial charge on any atom is -0.367 e. The molecule has 2 aromatic heterocycles. The lowest BCUT2D eigenvalue weighted by atomic mass is 10.1. The van der Waals surface area contributed by atoms with Gasteiger partial charge in [-0.15, -0.1) is 10.2 Å². The van der Waals surface area contributed by atoms with E-state index in [-0.39, 0.29) is 0 Å². The normalized spacial score (nSPS) is 10.6. The highest BCUT2D eigenvalue weighted by Gasteiger charge is 2.10. The van der Waals surface area contributed by atoms with Gasteiger partial charge in [0.2, 0.25) is 0 Å². The summed E-state index contributed by atoms with van der Waals surface area (Å²) in [4.78, 5) is 6.68. The molecule has 0 saturated carbocycles. The van der Waals surface area contributed by atoms with E-state index in [2.05, 4.69) is 48.7 Å². The number of nitrogens with zero attached hydrogens (tertiary/aromatic N) is 5. The molecule has 0 spiro atoms. The molecule has 112 valence electrons. The third-order valence-electron chi connectivity index (χ3n) is 3.59. The molecular formula is C16H18N6. The Morgan fingerprint density at radius 2 is 1.95 bits per heavy atom. The van der Waals surface area contributed by atoms with Crippen molar-refractivity contribution in [3.8, 4) is 0 Å². The highest BCUT2D eigenvalue weighted by molar-refractivity contribution is 5.47. The van der Waals surface area contributed by atoms with Crippen LogP contribution in [-0.4, -0.2) is 32.2 Å². The molecule has 0 amide bonds. The van der Waals surface area contributed by atoms with E-state index in [1.807, 2.05) is 37.4 Å². The first-order valence-corrected chi connectivity index (χ1v) is 7.26. The van der Waals surface area contributed by atoms with Crippen LogP contribution in [0.5, 0.6) is 0 Å². The highest BCUT2D eigenvalue weighted by atomic mass is 15.5. The maximum absolute atomic E-state index is 4.37. The van der Waals surface area contributed by atoms with E-state index < -0.39 is 0 Å². The van der Waals surface area contributed by atoms with Crippen molar-refractivity contribution in [2.45, 2.75) is 19.9 Å². The third-order valence-corrected chi connectivity index (χ3v) is 3.59. The van der Waals surface area contributed by atoms with Crippen molar-refractivity contribution in [3.63, 3.8) is 0 Å². The molecule has 0 radical (unpaired) electrons. The Labute approximate surface area is 129 Å². The van der Waals surface area contributed by atoms with Crippen LogP contribution in [0.4, 0.5) is 5.69 Å². The Morgan fingerprint density at radius 1 is 1.09 bits per heavy atom. The molecule has 22 heavy (non-hydrogen) atoms. The second-order valence-electron chi connectivity index (χ2n) is 5.08. The minimum atomic E-state index is 0.726. The van der Waals surface area contributed by atoms with Crippen LogP contribution in [-0.2, 0) is 13.0 Å².